The highest BCUT2D eigenvalue weighted by atomic mass is 16.8. The second-order valence-electron chi connectivity index (χ2n) is 6.97. The van der Waals surface area contributed by atoms with Gasteiger partial charge >= 0.3 is 5.97 Å². The van der Waals surface area contributed by atoms with Crippen LogP contribution in [0.3, 0.4) is 0 Å². The molecule has 1 aliphatic heterocycles. The third-order valence-electron chi connectivity index (χ3n) is 5.33. The number of fused-ring (bicyclic) bond motifs is 1. The molecule has 2 unspecified atom stereocenters. The zero-order valence-electron chi connectivity index (χ0n) is 16.0. The van der Waals surface area contributed by atoms with E-state index in [1.54, 1.807) is 13.8 Å². The van der Waals surface area contributed by atoms with Crippen molar-refractivity contribution in [2.75, 3.05) is 21.3 Å². The fourth-order valence-corrected chi connectivity index (χ4v) is 3.52. The van der Waals surface area contributed by atoms with Gasteiger partial charge in [-0.05, 0) is 25.8 Å². The van der Waals surface area contributed by atoms with Gasteiger partial charge in [0.25, 0.3) is 0 Å². The first-order valence-corrected chi connectivity index (χ1v) is 8.64. The van der Waals surface area contributed by atoms with E-state index >= 15 is 0 Å². The first-order valence-electron chi connectivity index (χ1n) is 8.64. The third-order valence-corrected chi connectivity index (χ3v) is 5.33. The average molecular weight is 358 g/mol. The van der Waals surface area contributed by atoms with Crippen molar-refractivity contribution in [1.29, 1.82) is 0 Å². The Labute approximate surface area is 149 Å². The molecule has 1 aliphatic carbocycles. The minimum atomic E-state index is -1.64. The molecule has 0 spiro atoms. The Morgan fingerprint density at radius 1 is 1.24 bits per heavy atom. The number of esters is 1. The van der Waals surface area contributed by atoms with Gasteiger partial charge in [0.1, 0.15) is 6.10 Å². The van der Waals surface area contributed by atoms with Gasteiger partial charge in [0.15, 0.2) is 5.60 Å². The van der Waals surface area contributed by atoms with Gasteiger partial charge in [0.05, 0.1) is 13.2 Å². The van der Waals surface area contributed by atoms with Crippen LogP contribution < -0.4 is 0 Å². The first-order chi connectivity index (χ1) is 11.7. The molecule has 1 saturated heterocycles. The molecule has 25 heavy (non-hydrogen) atoms. The summed E-state index contributed by atoms with van der Waals surface area (Å²) in [5, 5.41) is 10.9. The maximum Gasteiger partial charge on any atom is 0.338 e. The molecular weight excluding hydrogens is 328 g/mol. The summed E-state index contributed by atoms with van der Waals surface area (Å²) in [4.78, 5) is 12.1. The second kappa shape index (κ2) is 7.32. The number of allylic oxidation sites excluding steroid dienone is 1. The quantitative estimate of drug-likeness (QED) is 0.594. The summed E-state index contributed by atoms with van der Waals surface area (Å²) in [5.41, 5.74) is -0.832. The summed E-state index contributed by atoms with van der Waals surface area (Å²) in [5.74, 6) is -2.99. The Kier molecular flexibility index (Phi) is 5.95. The molecule has 1 heterocycles. The van der Waals surface area contributed by atoms with Crippen LogP contribution in [-0.2, 0) is 28.5 Å². The molecule has 0 aromatic carbocycles. The van der Waals surface area contributed by atoms with Gasteiger partial charge < -0.3 is 28.8 Å². The summed E-state index contributed by atoms with van der Waals surface area (Å²) >= 11 is 0. The monoisotopic (exact) mass is 358 g/mol. The normalized spacial score (nSPS) is 42.9. The highest BCUT2D eigenvalue weighted by Gasteiger charge is 2.61. The van der Waals surface area contributed by atoms with Gasteiger partial charge in [-0.25, -0.2) is 4.79 Å². The number of hydrogen-bond donors (Lipinski definition) is 1. The molecular formula is C18H30O7. The van der Waals surface area contributed by atoms with E-state index in [-0.39, 0.29) is 12.8 Å². The summed E-state index contributed by atoms with van der Waals surface area (Å²) in [7, 11) is 4.30. The molecule has 5 atom stereocenters. The molecule has 0 amide bonds. The van der Waals surface area contributed by atoms with Crippen LogP contribution in [0.15, 0.2) is 11.6 Å². The summed E-state index contributed by atoms with van der Waals surface area (Å²) in [6.07, 6.45) is 2.97. The largest absolute Gasteiger partial charge is 0.467 e. The number of carbonyl (C=O) groups excluding carboxylic acids is 1. The molecule has 0 aromatic rings. The standard InChI is InChI=1S/C18H30O7/c1-7-8-9-12-10-18(20,15(19)21-4)11-13-14(12)25-17(3,23-6)16(2,22-5)24-13/h9,13-14,20H,7-8,10-11H2,1-6H3/b12-9+/t13-,14-,16?,17?,18+/m1/s1. The number of hydrogen-bond acceptors (Lipinski definition) is 7. The molecule has 1 saturated carbocycles. The number of carbonyl (C=O) groups is 1. The predicted octanol–water partition coefficient (Wildman–Crippen LogP) is 1.92. The molecule has 2 rings (SSSR count). The van der Waals surface area contributed by atoms with Crippen molar-refractivity contribution in [3.05, 3.63) is 11.6 Å². The van der Waals surface area contributed by atoms with E-state index < -0.39 is 35.4 Å². The minimum Gasteiger partial charge on any atom is -0.467 e. The smallest absolute Gasteiger partial charge is 0.338 e. The summed E-state index contributed by atoms with van der Waals surface area (Å²) < 4.78 is 28.3. The van der Waals surface area contributed by atoms with Gasteiger partial charge in [-0.2, -0.15) is 0 Å². The minimum absolute atomic E-state index is 0.0621. The van der Waals surface area contributed by atoms with E-state index in [0.29, 0.717) is 0 Å². The fourth-order valence-electron chi connectivity index (χ4n) is 3.52. The van der Waals surface area contributed by atoms with Crippen molar-refractivity contribution in [3.63, 3.8) is 0 Å². The van der Waals surface area contributed by atoms with E-state index in [4.69, 9.17) is 23.7 Å². The van der Waals surface area contributed by atoms with Gasteiger partial charge in [-0.1, -0.05) is 19.4 Å². The number of aliphatic hydroxyl groups is 1. The van der Waals surface area contributed by atoms with Crippen LogP contribution >= 0.6 is 0 Å². The first kappa shape index (κ1) is 20.3. The van der Waals surface area contributed by atoms with Crippen LogP contribution in [0.4, 0.5) is 0 Å². The van der Waals surface area contributed by atoms with Gasteiger partial charge in [0, 0.05) is 27.1 Å². The number of rotatable bonds is 5. The van der Waals surface area contributed by atoms with Crippen molar-refractivity contribution < 1.29 is 33.6 Å². The van der Waals surface area contributed by atoms with Gasteiger partial charge in [0.2, 0.25) is 11.6 Å². The SMILES string of the molecule is CCC/C=C1\C[C@@](O)(C(=O)OC)C[C@H]2OC(C)(OC)C(C)(OC)O[C@H]12. The van der Waals surface area contributed by atoms with Crippen molar-refractivity contribution in [3.8, 4) is 0 Å². The Bertz CT molecular complexity index is 534. The fraction of sp³-hybridized carbons (Fsp3) is 0.833. The molecule has 2 fully saturated rings. The van der Waals surface area contributed by atoms with E-state index in [1.807, 2.05) is 6.08 Å². The predicted molar refractivity (Wildman–Crippen MR) is 89.8 cm³/mol. The molecule has 7 heteroatoms. The summed E-state index contributed by atoms with van der Waals surface area (Å²) in [6, 6.07) is 0. The topological polar surface area (TPSA) is 83.5 Å². The van der Waals surface area contributed by atoms with Crippen LogP contribution in [0.5, 0.6) is 0 Å². The number of ether oxygens (including phenoxy) is 5. The van der Waals surface area contributed by atoms with Crippen molar-refractivity contribution in [1.82, 2.24) is 0 Å². The Balaban J connectivity index is 2.41. The zero-order chi connectivity index (χ0) is 18.9. The molecule has 7 nitrogen and oxygen atoms in total. The maximum absolute atomic E-state index is 12.1. The Morgan fingerprint density at radius 2 is 1.84 bits per heavy atom. The van der Waals surface area contributed by atoms with E-state index in [2.05, 4.69) is 6.92 Å². The van der Waals surface area contributed by atoms with Crippen LogP contribution in [0.2, 0.25) is 0 Å². The average Bonchev–Trinajstić information content (AvgIpc) is 2.60. The number of unbranched alkanes of at least 4 members (excludes halogenated alkanes) is 1. The van der Waals surface area contributed by atoms with Crippen molar-refractivity contribution in [2.24, 2.45) is 0 Å². The lowest BCUT2D eigenvalue weighted by Crippen LogP contribution is -2.68. The molecule has 0 aromatic heterocycles. The lowest BCUT2D eigenvalue weighted by atomic mass is 9.76. The van der Waals surface area contributed by atoms with E-state index in [0.717, 1.165) is 18.4 Å². The molecule has 1 N–H and O–H groups in total. The highest BCUT2D eigenvalue weighted by molar-refractivity contribution is 5.80. The highest BCUT2D eigenvalue weighted by Crippen LogP contribution is 2.47. The third kappa shape index (κ3) is 3.48. The molecule has 0 radical (unpaired) electrons. The Hall–Kier alpha value is -0.990. The van der Waals surface area contributed by atoms with Crippen LogP contribution in [0.1, 0.15) is 46.5 Å². The number of methoxy groups -OCH3 is 3. The molecule has 144 valence electrons. The Morgan fingerprint density at radius 3 is 2.36 bits per heavy atom. The summed E-state index contributed by atoms with van der Waals surface area (Å²) in [6.45, 7) is 5.53. The van der Waals surface area contributed by atoms with Crippen molar-refractivity contribution in [2.45, 2.75) is 75.8 Å². The van der Waals surface area contributed by atoms with Crippen LogP contribution in [0, 0.1) is 0 Å². The lowest BCUT2D eigenvalue weighted by Gasteiger charge is -2.55. The molecule has 2 aliphatic rings. The van der Waals surface area contributed by atoms with E-state index in [9.17, 15) is 9.90 Å². The van der Waals surface area contributed by atoms with Gasteiger partial charge in [-0.3, -0.25) is 0 Å². The second-order valence-corrected chi connectivity index (χ2v) is 6.97. The van der Waals surface area contributed by atoms with E-state index in [1.165, 1.54) is 21.3 Å². The van der Waals surface area contributed by atoms with Crippen LogP contribution in [0.25, 0.3) is 0 Å². The van der Waals surface area contributed by atoms with Crippen molar-refractivity contribution >= 4 is 5.97 Å². The van der Waals surface area contributed by atoms with Gasteiger partial charge in [-0.15, -0.1) is 0 Å². The van der Waals surface area contributed by atoms with Crippen LogP contribution in [-0.4, -0.2) is 61.8 Å². The maximum atomic E-state index is 12.1. The zero-order valence-corrected chi connectivity index (χ0v) is 16.0. The lowest BCUT2D eigenvalue weighted by molar-refractivity contribution is -0.448. The molecule has 0 bridgehead atoms.